The molecular formula is C15H30OS. The van der Waals surface area contributed by atoms with E-state index in [0.717, 1.165) is 18.3 Å². The zero-order valence-corrected chi connectivity index (χ0v) is 13.1. The third-order valence-corrected chi connectivity index (χ3v) is 4.54. The summed E-state index contributed by atoms with van der Waals surface area (Å²) in [6.45, 7) is 12.5. The van der Waals surface area contributed by atoms with Gasteiger partial charge in [0.2, 0.25) is 0 Å². The van der Waals surface area contributed by atoms with Crippen LogP contribution in [0.2, 0.25) is 0 Å². The van der Waals surface area contributed by atoms with Gasteiger partial charge in [0.15, 0.2) is 0 Å². The van der Waals surface area contributed by atoms with Gasteiger partial charge in [0.1, 0.15) is 0 Å². The Kier molecular flexibility index (Phi) is 5.85. The molecule has 0 amide bonds. The molecule has 3 atom stereocenters. The van der Waals surface area contributed by atoms with Crippen molar-refractivity contribution in [1.82, 2.24) is 0 Å². The highest BCUT2D eigenvalue weighted by Crippen LogP contribution is 2.39. The average molecular weight is 258 g/mol. The largest absolute Gasteiger partial charge is 0.378 e. The van der Waals surface area contributed by atoms with Gasteiger partial charge in [0, 0.05) is 0 Å². The van der Waals surface area contributed by atoms with E-state index in [-0.39, 0.29) is 0 Å². The van der Waals surface area contributed by atoms with Crippen LogP contribution in [0, 0.1) is 23.2 Å². The van der Waals surface area contributed by atoms with E-state index in [2.05, 4.69) is 47.2 Å². The second-order valence-electron chi connectivity index (χ2n) is 7.06. The van der Waals surface area contributed by atoms with Crippen LogP contribution >= 0.6 is 12.6 Å². The van der Waals surface area contributed by atoms with E-state index in [4.69, 9.17) is 4.74 Å². The molecule has 0 spiro atoms. The molecule has 1 saturated carbocycles. The maximum Gasteiger partial charge on any atom is 0.0582 e. The van der Waals surface area contributed by atoms with E-state index in [1.807, 2.05) is 0 Å². The number of hydrogen-bond acceptors (Lipinski definition) is 2. The standard InChI is InChI=1S/C15H30OS/c1-11(2)13(10-17)9-16-14-6-12(3)7-15(4,5)8-14/h11-14,17H,6-10H2,1-5H3. The summed E-state index contributed by atoms with van der Waals surface area (Å²) in [5.41, 5.74) is 0.455. The summed E-state index contributed by atoms with van der Waals surface area (Å²) in [6, 6.07) is 0. The summed E-state index contributed by atoms with van der Waals surface area (Å²) >= 11 is 4.42. The minimum absolute atomic E-state index is 0.455. The first-order chi connectivity index (χ1) is 7.84. The van der Waals surface area contributed by atoms with E-state index in [1.54, 1.807) is 0 Å². The molecule has 0 saturated heterocycles. The molecule has 0 aromatic rings. The van der Waals surface area contributed by atoms with Crippen LogP contribution in [0.5, 0.6) is 0 Å². The molecule has 1 nitrogen and oxygen atoms in total. The van der Waals surface area contributed by atoms with Gasteiger partial charge < -0.3 is 4.74 Å². The van der Waals surface area contributed by atoms with Crippen LogP contribution in [0.4, 0.5) is 0 Å². The summed E-state index contributed by atoms with van der Waals surface area (Å²) in [5.74, 6) is 3.00. The van der Waals surface area contributed by atoms with Crippen LogP contribution in [0.3, 0.4) is 0 Å². The third-order valence-electron chi connectivity index (χ3n) is 4.07. The van der Waals surface area contributed by atoms with E-state index in [0.29, 0.717) is 23.4 Å². The fraction of sp³-hybridized carbons (Fsp3) is 1.00. The SMILES string of the molecule is CC1CC(OCC(CS)C(C)C)CC(C)(C)C1. The molecule has 0 bridgehead atoms. The molecular weight excluding hydrogens is 228 g/mol. The molecule has 3 unspecified atom stereocenters. The lowest BCUT2D eigenvalue weighted by atomic mass is 9.71. The monoisotopic (exact) mass is 258 g/mol. The highest BCUT2D eigenvalue weighted by Gasteiger charge is 2.32. The lowest BCUT2D eigenvalue weighted by Crippen LogP contribution is -2.34. The van der Waals surface area contributed by atoms with Crippen molar-refractivity contribution in [2.24, 2.45) is 23.2 Å². The summed E-state index contributed by atoms with van der Waals surface area (Å²) in [7, 11) is 0. The van der Waals surface area contributed by atoms with Crippen molar-refractivity contribution in [1.29, 1.82) is 0 Å². The van der Waals surface area contributed by atoms with Crippen LogP contribution in [0.1, 0.15) is 53.9 Å². The molecule has 1 rings (SSSR count). The maximum atomic E-state index is 6.15. The van der Waals surface area contributed by atoms with Crippen LogP contribution in [0.15, 0.2) is 0 Å². The first-order valence-electron chi connectivity index (χ1n) is 7.06. The third kappa shape index (κ3) is 5.21. The average Bonchev–Trinajstić information content (AvgIpc) is 2.14. The highest BCUT2D eigenvalue weighted by molar-refractivity contribution is 7.80. The van der Waals surface area contributed by atoms with Crippen molar-refractivity contribution in [2.75, 3.05) is 12.4 Å². The molecule has 102 valence electrons. The lowest BCUT2D eigenvalue weighted by Gasteiger charge is -2.39. The van der Waals surface area contributed by atoms with E-state index in [9.17, 15) is 0 Å². The number of ether oxygens (including phenoxy) is 1. The zero-order chi connectivity index (χ0) is 13.1. The fourth-order valence-corrected chi connectivity index (χ4v) is 3.63. The van der Waals surface area contributed by atoms with Crippen molar-refractivity contribution < 1.29 is 4.74 Å². The molecule has 0 heterocycles. The number of thiol groups is 1. The maximum absolute atomic E-state index is 6.15. The summed E-state index contributed by atoms with van der Waals surface area (Å²) in [6.07, 6.45) is 4.26. The first kappa shape index (κ1) is 15.4. The normalized spacial score (nSPS) is 30.5. The first-order valence-corrected chi connectivity index (χ1v) is 7.70. The Morgan fingerprint density at radius 2 is 1.94 bits per heavy atom. The minimum Gasteiger partial charge on any atom is -0.378 e. The Morgan fingerprint density at radius 1 is 1.29 bits per heavy atom. The lowest BCUT2D eigenvalue weighted by molar-refractivity contribution is -0.0384. The van der Waals surface area contributed by atoms with Crippen molar-refractivity contribution in [3.05, 3.63) is 0 Å². The summed E-state index contributed by atoms with van der Waals surface area (Å²) in [5, 5.41) is 0. The predicted molar refractivity (Wildman–Crippen MR) is 78.7 cm³/mol. The Morgan fingerprint density at radius 3 is 2.41 bits per heavy atom. The Balaban J connectivity index is 2.41. The van der Waals surface area contributed by atoms with Crippen LogP contribution in [0.25, 0.3) is 0 Å². The second kappa shape index (κ2) is 6.47. The summed E-state index contributed by atoms with van der Waals surface area (Å²) < 4.78 is 6.15. The van der Waals surface area contributed by atoms with Gasteiger partial charge in [-0.2, -0.15) is 12.6 Å². The zero-order valence-electron chi connectivity index (χ0n) is 12.2. The van der Waals surface area contributed by atoms with Crippen molar-refractivity contribution in [3.63, 3.8) is 0 Å². The van der Waals surface area contributed by atoms with Gasteiger partial charge in [-0.3, -0.25) is 0 Å². The van der Waals surface area contributed by atoms with Crippen molar-refractivity contribution in [3.8, 4) is 0 Å². The van der Waals surface area contributed by atoms with Gasteiger partial charge >= 0.3 is 0 Å². The van der Waals surface area contributed by atoms with E-state index >= 15 is 0 Å². The molecule has 0 aliphatic heterocycles. The van der Waals surface area contributed by atoms with Crippen molar-refractivity contribution >= 4 is 12.6 Å². The van der Waals surface area contributed by atoms with Gasteiger partial charge in [0.05, 0.1) is 12.7 Å². The molecule has 1 aliphatic carbocycles. The topological polar surface area (TPSA) is 9.23 Å². The number of hydrogen-bond donors (Lipinski definition) is 1. The molecule has 0 N–H and O–H groups in total. The molecule has 0 aromatic carbocycles. The Bertz CT molecular complexity index is 225. The quantitative estimate of drug-likeness (QED) is 0.718. The van der Waals surface area contributed by atoms with Crippen LogP contribution < -0.4 is 0 Å². The van der Waals surface area contributed by atoms with Gasteiger partial charge in [-0.1, -0.05) is 34.6 Å². The molecule has 1 fully saturated rings. The summed E-state index contributed by atoms with van der Waals surface area (Å²) in [4.78, 5) is 0. The van der Waals surface area contributed by atoms with Crippen LogP contribution in [-0.2, 0) is 4.74 Å². The Labute approximate surface area is 113 Å². The van der Waals surface area contributed by atoms with E-state index < -0.39 is 0 Å². The van der Waals surface area contributed by atoms with Gasteiger partial charge in [0.25, 0.3) is 0 Å². The van der Waals surface area contributed by atoms with Gasteiger partial charge in [-0.25, -0.2) is 0 Å². The van der Waals surface area contributed by atoms with Crippen molar-refractivity contribution in [2.45, 2.75) is 60.0 Å². The molecule has 1 aliphatic rings. The minimum atomic E-state index is 0.455. The number of rotatable bonds is 5. The van der Waals surface area contributed by atoms with Gasteiger partial charge in [-0.05, 0) is 48.2 Å². The molecule has 0 aromatic heterocycles. The smallest absolute Gasteiger partial charge is 0.0582 e. The van der Waals surface area contributed by atoms with Crippen LogP contribution in [-0.4, -0.2) is 18.5 Å². The highest BCUT2D eigenvalue weighted by atomic mass is 32.1. The molecule has 0 radical (unpaired) electrons. The Hall–Kier alpha value is 0.310. The molecule has 2 heteroatoms. The fourth-order valence-electron chi connectivity index (χ4n) is 3.10. The van der Waals surface area contributed by atoms with Gasteiger partial charge in [-0.15, -0.1) is 0 Å². The van der Waals surface area contributed by atoms with E-state index in [1.165, 1.54) is 19.3 Å². The molecule has 17 heavy (non-hydrogen) atoms. The second-order valence-corrected chi connectivity index (χ2v) is 7.42. The predicted octanol–water partition coefficient (Wildman–Crippen LogP) is 4.42.